The van der Waals surface area contributed by atoms with Crippen molar-refractivity contribution in [3.63, 3.8) is 0 Å². The minimum atomic E-state index is -3.75. The maximum absolute atomic E-state index is 12.3. The highest BCUT2D eigenvalue weighted by atomic mass is 35.5. The maximum Gasteiger partial charge on any atom is 0.339 e. The van der Waals surface area contributed by atoms with Crippen LogP contribution in [-0.4, -0.2) is 57.0 Å². The van der Waals surface area contributed by atoms with Crippen molar-refractivity contribution in [2.75, 3.05) is 25.7 Å². The minimum absolute atomic E-state index is 0.00671. The van der Waals surface area contributed by atoms with Gasteiger partial charge < -0.3 is 4.74 Å². The molecule has 0 aromatic carbocycles. The molecule has 0 fully saturated rings. The van der Waals surface area contributed by atoms with Crippen LogP contribution in [0.15, 0.2) is 23.4 Å². The van der Waals surface area contributed by atoms with E-state index in [0.717, 1.165) is 16.8 Å². The van der Waals surface area contributed by atoms with E-state index in [2.05, 4.69) is 0 Å². The van der Waals surface area contributed by atoms with Gasteiger partial charge in [-0.15, -0.1) is 0 Å². The zero-order valence-electron chi connectivity index (χ0n) is 14.8. The zero-order chi connectivity index (χ0) is 19.5. The number of sulfonamides is 1. The minimum Gasteiger partial charge on any atom is -0.462 e. The van der Waals surface area contributed by atoms with Crippen LogP contribution in [0.5, 0.6) is 0 Å². The first-order valence-electron chi connectivity index (χ1n) is 7.83. The Kier molecular flexibility index (Phi) is 7.12. The average Bonchev–Trinajstić information content (AvgIpc) is 2.48. The van der Waals surface area contributed by atoms with Gasteiger partial charge in [-0.2, -0.15) is 0 Å². The fourth-order valence-electron chi connectivity index (χ4n) is 2.33. The number of halogens is 1. The second-order valence-corrected chi connectivity index (χ2v) is 11.0. The molecular formula is C15H24ClNO6S2. The molecule has 0 aromatic heterocycles. The number of rotatable bonds is 8. The lowest BCUT2D eigenvalue weighted by Gasteiger charge is -2.33. The first kappa shape index (κ1) is 22.0. The average molecular weight is 414 g/mol. The number of carbonyl (C=O) groups excluding carboxylic acids is 1. The van der Waals surface area contributed by atoms with Crippen LogP contribution in [0.25, 0.3) is 0 Å². The third-order valence-corrected chi connectivity index (χ3v) is 7.44. The fourth-order valence-corrected chi connectivity index (χ4v) is 4.31. The summed E-state index contributed by atoms with van der Waals surface area (Å²) < 4.78 is 52.8. The van der Waals surface area contributed by atoms with Crippen molar-refractivity contribution >= 4 is 37.4 Å². The molecule has 0 radical (unpaired) electrons. The van der Waals surface area contributed by atoms with Gasteiger partial charge in [-0.05, 0) is 25.0 Å². The lowest BCUT2D eigenvalue weighted by molar-refractivity contribution is -0.138. The quantitative estimate of drug-likeness (QED) is 0.444. The Morgan fingerprint density at radius 3 is 2.28 bits per heavy atom. The van der Waals surface area contributed by atoms with Crippen molar-refractivity contribution in [1.29, 1.82) is 0 Å². The molecule has 1 aliphatic rings. The molecule has 1 aliphatic carbocycles. The van der Waals surface area contributed by atoms with Crippen molar-refractivity contribution in [3.8, 4) is 0 Å². The first-order valence-corrected chi connectivity index (χ1v) is 11.9. The van der Waals surface area contributed by atoms with Gasteiger partial charge in [0, 0.05) is 24.9 Å². The van der Waals surface area contributed by atoms with Gasteiger partial charge in [-0.1, -0.05) is 25.4 Å². The highest BCUT2D eigenvalue weighted by Crippen LogP contribution is 2.39. The van der Waals surface area contributed by atoms with Crippen molar-refractivity contribution < 1.29 is 26.4 Å². The number of esters is 1. The summed E-state index contributed by atoms with van der Waals surface area (Å²) in [4.78, 5) is 12.3. The molecule has 1 atom stereocenters. The standard InChI is InChI=1S/C15H24ClNO6S2/c1-5-9-17(25(4,21)22)13-11-15(16,24(3,19)20)8-7-12(13)14(18)23-10-6-2/h7-8H,5-6,9-11H2,1-4H3. The summed E-state index contributed by atoms with van der Waals surface area (Å²) in [6.45, 7) is 3.88. The molecule has 0 heterocycles. The fraction of sp³-hybridized carbons (Fsp3) is 0.667. The predicted octanol–water partition coefficient (Wildman–Crippen LogP) is 1.80. The summed E-state index contributed by atoms with van der Waals surface area (Å²) in [6, 6.07) is 0. The van der Waals surface area contributed by atoms with E-state index in [1.165, 1.54) is 12.2 Å². The molecule has 0 amide bonds. The molecule has 0 aromatic rings. The van der Waals surface area contributed by atoms with Crippen LogP contribution in [0.2, 0.25) is 0 Å². The number of nitrogens with zero attached hydrogens (tertiary/aromatic N) is 1. The Morgan fingerprint density at radius 2 is 1.84 bits per heavy atom. The zero-order valence-corrected chi connectivity index (χ0v) is 17.2. The van der Waals surface area contributed by atoms with E-state index in [1.807, 2.05) is 6.92 Å². The number of sulfone groups is 1. The molecule has 10 heteroatoms. The van der Waals surface area contributed by atoms with Gasteiger partial charge in [0.1, 0.15) is 0 Å². The molecular weight excluding hydrogens is 390 g/mol. The number of hydrogen-bond acceptors (Lipinski definition) is 6. The van der Waals surface area contributed by atoms with Gasteiger partial charge in [0.15, 0.2) is 14.0 Å². The van der Waals surface area contributed by atoms with Crippen LogP contribution in [0, 0.1) is 0 Å². The molecule has 1 unspecified atom stereocenters. The van der Waals surface area contributed by atoms with Crippen LogP contribution in [0.3, 0.4) is 0 Å². The first-order chi connectivity index (χ1) is 11.4. The van der Waals surface area contributed by atoms with Gasteiger partial charge >= 0.3 is 5.97 Å². The number of ether oxygens (including phenoxy) is 1. The number of hydrogen-bond donors (Lipinski definition) is 0. The summed E-state index contributed by atoms with van der Waals surface area (Å²) in [6.07, 6.45) is 5.14. The number of carbonyl (C=O) groups is 1. The molecule has 0 bridgehead atoms. The molecule has 0 N–H and O–H groups in total. The van der Waals surface area contributed by atoms with Crippen LogP contribution in [0.1, 0.15) is 33.1 Å². The Balaban J connectivity index is 3.51. The smallest absolute Gasteiger partial charge is 0.339 e. The number of allylic oxidation sites excluding steroid dienone is 1. The van der Waals surface area contributed by atoms with Gasteiger partial charge in [-0.3, -0.25) is 4.31 Å². The van der Waals surface area contributed by atoms with E-state index in [1.54, 1.807) is 6.92 Å². The van der Waals surface area contributed by atoms with E-state index in [4.69, 9.17) is 16.3 Å². The third kappa shape index (κ3) is 5.21. The topological polar surface area (TPSA) is 97.8 Å². The Bertz CT molecular complexity index is 785. The van der Waals surface area contributed by atoms with E-state index < -0.39 is 30.0 Å². The van der Waals surface area contributed by atoms with Crippen molar-refractivity contribution in [3.05, 3.63) is 23.4 Å². The van der Waals surface area contributed by atoms with Crippen molar-refractivity contribution in [1.82, 2.24) is 4.31 Å². The molecule has 0 saturated heterocycles. The Morgan fingerprint density at radius 1 is 1.24 bits per heavy atom. The van der Waals surface area contributed by atoms with Crippen LogP contribution < -0.4 is 0 Å². The monoisotopic (exact) mass is 413 g/mol. The summed E-state index contributed by atoms with van der Waals surface area (Å²) >= 11 is 6.23. The Labute approximate surface area is 154 Å². The molecule has 144 valence electrons. The van der Waals surface area contributed by atoms with Crippen LogP contribution in [-0.2, 0) is 29.4 Å². The maximum atomic E-state index is 12.3. The predicted molar refractivity (Wildman–Crippen MR) is 97.3 cm³/mol. The summed E-state index contributed by atoms with van der Waals surface area (Å²) in [7, 11) is -7.48. The van der Waals surface area contributed by atoms with E-state index >= 15 is 0 Å². The highest BCUT2D eigenvalue weighted by Gasteiger charge is 2.43. The highest BCUT2D eigenvalue weighted by molar-refractivity contribution is 7.93. The van der Waals surface area contributed by atoms with E-state index in [0.29, 0.717) is 12.8 Å². The normalized spacial score (nSPS) is 21.3. The van der Waals surface area contributed by atoms with Gasteiger partial charge in [0.05, 0.1) is 18.4 Å². The van der Waals surface area contributed by atoms with Crippen LogP contribution >= 0.6 is 11.6 Å². The second-order valence-electron chi connectivity index (χ2n) is 5.90. The molecule has 7 nitrogen and oxygen atoms in total. The SMILES string of the molecule is CCCOC(=O)C1=C(N(CCC)S(C)(=O)=O)CC(Cl)(S(C)(=O)=O)C=C1. The van der Waals surface area contributed by atoms with Gasteiger partial charge in [0.25, 0.3) is 0 Å². The summed E-state index contributed by atoms with van der Waals surface area (Å²) in [5.74, 6) is -0.704. The largest absolute Gasteiger partial charge is 0.462 e. The lowest BCUT2D eigenvalue weighted by atomic mass is 10.0. The summed E-state index contributed by atoms with van der Waals surface area (Å²) in [5.41, 5.74) is 0.0422. The molecule has 0 spiro atoms. The third-order valence-electron chi connectivity index (χ3n) is 3.62. The molecule has 0 saturated carbocycles. The van der Waals surface area contributed by atoms with Gasteiger partial charge in [0.2, 0.25) is 10.0 Å². The Hall–Kier alpha value is -1.06. The molecule has 1 rings (SSSR count). The second kappa shape index (κ2) is 8.09. The molecule has 0 aliphatic heterocycles. The van der Waals surface area contributed by atoms with Crippen molar-refractivity contribution in [2.24, 2.45) is 0 Å². The van der Waals surface area contributed by atoms with Crippen molar-refractivity contribution in [2.45, 2.75) is 37.3 Å². The van der Waals surface area contributed by atoms with E-state index in [9.17, 15) is 21.6 Å². The lowest BCUT2D eigenvalue weighted by Crippen LogP contribution is -2.40. The van der Waals surface area contributed by atoms with Crippen LogP contribution in [0.4, 0.5) is 0 Å². The van der Waals surface area contributed by atoms with Gasteiger partial charge in [-0.25, -0.2) is 21.6 Å². The van der Waals surface area contributed by atoms with E-state index in [-0.39, 0.29) is 30.8 Å². The number of alkyl halides is 1. The summed E-state index contributed by atoms with van der Waals surface area (Å²) in [5, 5.41) is 0. The molecule has 25 heavy (non-hydrogen) atoms.